The van der Waals surface area contributed by atoms with Crippen LogP contribution < -0.4 is 10.9 Å². The number of nitrogens with one attached hydrogen (secondary N) is 1. The van der Waals surface area contributed by atoms with Crippen LogP contribution >= 0.6 is 0 Å². The Balaban J connectivity index is 1.48. The normalized spacial score (nSPS) is 13.3. The second-order valence-electron chi connectivity index (χ2n) is 9.00. The van der Waals surface area contributed by atoms with E-state index in [1.54, 1.807) is 18.2 Å². The van der Waals surface area contributed by atoms with Gasteiger partial charge in [-0.3, -0.25) is 9.59 Å². The molecule has 2 aromatic heterocycles. The van der Waals surface area contributed by atoms with E-state index in [1.807, 2.05) is 44.2 Å². The van der Waals surface area contributed by atoms with Crippen LogP contribution in [0.15, 0.2) is 59.5 Å². The summed E-state index contributed by atoms with van der Waals surface area (Å²) in [7, 11) is 0. The van der Waals surface area contributed by atoms with Crippen LogP contribution in [0.3, 0.4) is 0 Å². The third-order valence-corrected chi connectivity index (χ3v) is 5.95. The maximum atomic E-state index is 13.3. The molecule has 0 aliphatic carbocycles. The van der Waals surface area contributed by atoms with Gasteiger partial charge in [0.15, 0.2) is 5.69 Å². The number of aromatic nitrogens is 4. The van der Waals surface area contributed by atoms with Gasteiger partial charge < -0.3 is 9.88 Å². The lowest BCUT2D eigenvalue weighted by atomic mass is 10.1. The number of hydrogen-bond donors (Lipinski definition) is 1. The molecule has 0 saturated heterocycles. The minimum atomic E-state index is -0.343. The molecule has 4 aromatic rings. The van der Waals surface area contributed by atoms with E-state index in [9.17, 15) is 9.59 Å². The Morgan fingerprint density at radius 1 is 1.09 bits per heavy atom. The van der Waals surface area contributed by atoms with Crippen molar-refractivity contribution in [2.24, 2.45) is 5.92 Å². The molecule has 5 rings (SSSR count). The van der Waals surface area contributed by atoms with Crippen LogP contribution in [0.5, 0.6) is 0 Å². The van der Waals surface area contributed by atoms with Gasteiger partial charge in [0.2, 0.25) is 0 Å². The number of nitrogens with zero attached hydrogens (tertiary/aromatic N) is 4. The van der Waals surface area contributed by atoms with Gasteiger partial charge >= 0.3 is 0 Å². The number of imidazole rings is 1. The molecule has 1 aliphatic heterocycles. The van der Waals surface area contributed by atoms with Gasteiger partial charge in [-0.05, 0) is 37.0 Å². The monoisotopic (exact) mass is 441 g/mol. The van der Waals surface area contributed by atoms with Gasteiger partial charge in [0, 0.05) is 42.3 Å². The second-order valence-corrected chi connectivity index (χ2v) is 9.00. The lowest BCUT2D eigenvalue weighted by Crippen LogP contribution is -2.29. The first-order chi connectivity index (χ1) is 16.0. The van der Waals surface area contributed by atoms with Gasteiger partial charge in [0.05, 0.1) is 11.1 Å². The third-order valence-electron chi connectivity index (χ3n) is 5.95. The summed E-state index contributed by atoms with van der Waals surface area (Å²) in [6.07, 6.45) is 5.44. The fourth-order valence-electron chi connectivity index (χ4n) is 4.37. The van der Waals surface area contributed by atoms with Crippen molar-refractivity contribution in [2.45, 2.75) is 46.2 Å². The largest absolute Gasteiger partial charge is 0.334 e. The highest BCUT2D eigenvalue weighted by Gasteiger charge is 2.18. The fourth-order valence-corrected chi connectivity index (χ4v) is 4.37. The van der Waals surface area contributed by atoms with Gasteiger partial charge in [-0.25, -0.2) is 9.67 Å². The molecule has 3 heterocycles. The van der Waals surface area contributed by atoms with Gasteiger partial charge in [0.25, 0.3) is 11.5 Å². The number of anilines is 1. The molecule has 0 saturated carbocycles. The summed E-state index contributed by atoms with van der Waals surface area (Å²) in [6, 6.07) is 14.8. The topological polar surface area (TPSA) is 81.8 Å². The lowest BCUT2D eigenvalue weighted by molar-refractivity contribution is 0.102. The number of hydrogen-bond acceptors (Lipinski definition) is 4. The molecule has 1 aliphatic rings. The van der Waals surface area contributed by atoms with Crippen LogP contribution in [0, 0.1) is 5.92 Å². The maximum absolute atomic E-state index is 13.3. The number of carbonyl (C=O) groups excluding carboxylic acids is 1. The van der Waals surface area contributed by atoms with Gasteiger partial charge in [-0.2, -0.15) is 5.10 Å². The van der Waals surface area contributed by atoms with Crippen molar-refractivity contribution in [3.8, 4) is 11.3 Å². The minimum absolute atomic E-state index is 0.179. The summed E-state index contributed by atoms with van der Waals surface area (Å²) in [6.45, 7) is 5.48. The van der Waals surface area contributed by atoms with Crippen molar-refractivity contribution in [3.05, 3.63) is 76.6 Å². The van der Waals surface area contributed by atoms with E-state index >= 15 is 0 Å². The Kier molecular flexibility index (Phi) is 5.54. The van der Waals surface area contributed by atoms with E-state index in [2.05, 4.69) is 21.2 Å². The van der Waals surface area contributed by atoms with E-state index < -0.39 is 0 Å². The SMILES string of the molecule is CC(C)Cn1nc(C(=O)Nc2cccc(-c3cn4c(n3)CCCC4)c2)c2ccccc2c1=O. The Hall–Kier alpha value is -3.74. The standard InChI is InChI=1S/C26H27N5O2/c1-17(2)15-31-26(33)21-11-4-3-10-20(21)24(29-31)25(32)27-19-9-7-8-18(14-19)22-16-30-13-6-5-12-23(30)28-22/h3-4,7-11,14,16-17H,5-6,12-13,15H2,1-2H3,(H,27,32). The Labute approximate surface area is 192 Å². The molecule has 0 spiro atoms. The molecule has 168 valence electrons. The predicted octanol–water partition coefficient (Wildman–Crippen LogP) is 4.50. The molecule has 33 heavy (non-hydrogen) atoms. The molecule has 2 aromatic carbocycles. The summed E-state index contributed by atoms with van der Waals surface area (Å²) in [4.78, 5) is 30.9. The quantitative estimate of drug-likeness (QED) is 0.494. The average Bonchev–Trinajstić information content (AvgIpc) is 3.25. The van der Waals surface area contributed by atoms with Crippen LogP contribution in [0.4, 0.5) is 5.69 Å². The van der Waals surface area contributed by atoms with Gasteiger partial charge in [-0.1, -0.05) is 44.2 Å². The van der Waals surface area contributed by atoms with Crippen LogP contribution in [0.25, 0.3) is 22.0 Å². The van der Waals surface area contributed by atoms with E-state index in [4.69, 9.17) is 4.98 Å². The number of rotatable bonds is 5. The summed E-state index contributed by atoms with van der Waals surface area (Å²) in [5, 5.41) is 8.46. The molecule has 0 unspecified atom stereocenters. The van der Waals surface area contributed by atoms with Crippen molar-refractivity contribution >= 4 is 22.4 Å². The molecule has 1 N–H and O–H groups in total. The smallest absolute Gasteiger partial charge is 0.276 e. The van der Waals surface area contributed by atoms with Crippen LogP contribution in [0.1, 0.15) is 43.0 Å². The zero-order valence-electron chi connectivity index (χ0n) is 18.9. The Morgan fingerprint density at radius 3 is 2.70 bits per heavy atom. The molecule has 0 atom stereocenters. The van der Waals surface area contributed by atoms with E-state index in [-0.39, 0.29) is 23.1 Å². The van der Waals surface area contributed by atoms with E-state index in [0.29, 0.717) is 23.0 Å². The zero-order valence-corrected chi connectivity index (χ0v) is 18.9. The van der Waals surface area contributed by atoms with Gasteiger partial charge in [-0.15, -0.1) is 0 Å². The van der Waals surface area contributed by atoms with Crippen LogP contribution in [-0.4, -0.2) is 25.2 Å². The highest BCUT2D eigenvalue weighted by Crippen LogP contribution is 2.25. The van der Waals surface area contributed by atoms with Crippen molar-refractivity contribution in [1.29, 1.82) is 0 Å². The minimum Gasteiger partial charge on any atom is -0.334 e. The van der Waals surface area contributed by atoms with Crippen molar-refractivity contribution < 1.29 is 4.79 Å². The summed E-state index contributed by atoms with van der Waals surface area (Å²) < 4.78 is 3.62. The van der Waals surface area contributed by atoms with E-state index in [0.717, 1.165) is 30.0 Å². The Bertz CT molecular complexity index is 1380. The number of aryl methyl sites for hydroxylation is 2. The molecule has 1 amide bonds. The Morgan fingerprint density at radius 2 is 1.91 bits per heavy atom. The summed E-state index contributed by atoms with van der Waals surface area (Å²) in [5.41, 5.74) is 2.60. The molecular formula is C26H27N5O2. The first-order valence-electron chi connectivity index (χ1n) is 11.5. The zero-order chi connectivity index (χ0) is 22.9. The predicted molar refractivity (Wildman–Crippen MR) is 129 cm³/mol. The third kappa shape index (κ3) is 4.18. The number of amides is 1. The first kappa shape index (κ1) is 21.1. The molecule has 7 heteroatoms. The van der Waals surface area contributed by atoms with Gasteiger partial charge in [0.1, 0.15) is 5.82 Å². The second kappa shape index (κ2) is 8.65. The number of carbonyl (C=O) groups is 1. The van der Waals surface area contributed by atoms with Crippen LogP contribution in [0.2, 0.25) is 0 Å². The summed E-state index contributed by atoms with van der Waals surface area (Å²) in [5.74, 6) is 1.00. The molecule has 0 bridgehead atoms. The molecule has 0 radical (unpaired) electrons. The lowest BCUT2D eigenvalue weighted by Gasteiger charge is -2.13. The highest BCUT2D eigenvalue weighted by molar-refractivity contribution is 6.11. The fraction of sp³-hybridized carbons (Fsp3) is 0.308. The van der Waals surface area contributed by atoms with E-state index in [1.165, 1.54) is 17.5 Å². The maximum Gasteiger partial charge on any atom is 0.276 e. The van der Waals surface area contributed by atoms with Crippen molar-refractivity contribution in [3.63, 3.8) is 0 Å². The number of benzene rings is 2. The van der Waals surface area contributed by atoms with Crippen LogP contribution in [-0.2, 0) is 19.5 Å². The molecule has 7 nitrogen and oxygen atoms in total. The average molecular weight is 442 g/mol. The number of fused-ring (bicyclic) bond motifs is 2. The molecular weight excluding hydrogens is 414 g/mol. The van der Waals surface area contributed by atoms with Crippen molar-refractivity contribution in [1.82, 2.24) is 19.3 Å². The molecule has 0 fully saturated rings. The summed E-state index contributed by atoms with van der Waals surface area (Å²) >= 11 is 0. The van der Waals surface area contributed by atoms with Crippen molar-refractivity contribution in [2.75, 3.05) is 5.32 Å². The highest BCUT2D eigenvalue weighted by atomic mass is 16.2. The first-order valence-corrected chi connectivity index (χ1v) is 11.5.